The maximum atomic E-state index is 12.7. The van der Waals surface area contributed by atoms with E-state index in [1.807, 2.05) is 0 Å². The molecule has 1 N–H and O–H groups in total. The van der Waals surface area contributed by atoms with Gasteiger partial charge in [0.25, 0.3) is 15.9 Å². The largest absolute Gasteiger partial charge is 0.465 e. The second kappa shape index (κ2) is 7.51. The van der Waals surface area contributed by atoms with E-state index >= 15 is 0 Å². The Morgan fingerprint density at radius 1 is 1.30 bits per heavy atom. The molecule has 1 atom stereocenters. The summed E-state index contributed by atoms with van der Waals surface area (Å²) < 4.78 is 30.8. The van der Waals surface area contributed by atoms with Crippen LogP contribution in [0, 0.1) is 5.92 Å². The molecule has 0 bridgehead atoms. The highest BCUT2D eigenvalue weighted by Gasteiger charge is 2.42. The summed E-state index contributed by atoms with van der Waals surface area (Å²) in [7, 11) is -2.81. The minimum atomic E-state index is -4.09. The molecule has 0 spiro atoms. The second-order valence-corrected chi connectivity index (χ2v) is 10.3. The highest BCUT2D eigenvalue weighted by molar-refractivity contribution is 7.90. The number of fused-ring (bicyclic) bond motifs is 2. The molecule has 158 valence electrons. The summed E-state index contributed by atoms with van der Waals surface area (Å²) in [4.78, 5) is 38.4. The van der Waals surface area contributed by atoms with Gasteiger partial charge in [0.2, 0.25) is 5.91 Å². The van der Waals surface area contributed by atoms with E-state index in [-0.39, 0.29) is 10.5 Å². The Kier molecular flexibility index (Phi) is 5.15. The number of esters is 1. The predicted molar refractivity (Wildman–Crippen MR) is 110 cm³/mol. The first-order valence-corrected chi connectivity index (χ1v) is 11.7. The Balaban J connectivity index is 1.60. The Labute approximate surface area is 177 Å². The van der Waals surface area contributed by atoms with Crippen LogP contribution < -0.4 is 5.32 Å². The summed E-state index contributed by atoms with van der Waals surface area (Å²) in [5.74, 6) is -1.52. The molecule has 0 unspecified atom stereocenters. The van der Waals surface area contributed by atoms with Gasteiger partial charge >= 0.3 is 5.97 Å². The number of benzene rings is 1. The van der Waals surface area contributed by atoms with Gasteiger partial charge in [-0.3, -0.25) is 9.59 Å². The number of nitrogens with one attached hydrogen (secondary N) is 1. The van der Waals surface area contributed by atoms with Gasteiger partial charge in [0.05, 0.1) is 18.2 Å². The molecule has 1 aromatic carbocycles. The molecule has 1 aromatic heterocycles. The Bertz CT molecular complexity index is 1170. The number of hydrogen-bond donors (Lipinski definition) is 1. The molecule has 2 amide bonds. The lowest BCUT2D eigenvalue weighted by molar-refractivity contribution is -0.116. The molecule has 0 fully saturated rings. The van der Waals surface area contributed by atoms with Gasteiger partial charge in [0, 0.05) is 4.88 Å². The van der Waals surface area contributed by atoms with Crippen molar-refractivity contribution in [3.63, 3.8) is 0 Å². The fourth-order valence-electron chi connectivity index (χ4n) is 3.84. The normalized spacial score (nSPS) is 19.2. The molecular weight excluding hydrogens is 428 g/mol. The number of rotatable bonds is 4. The molecule has 10 heteroatoms. The fourth-order valence-corrected chi connectivity index (χ4v) is 6.78. The van der Waals surface area contributed by atoms with Gasteiger partial charge in [-0.1, -0.05) is 19.1 Å². The van der Waals surface area contributed by atoms with Gasteiger partial charge < -0.3 is 10.1 Å². The van der Waals surface area contributed by atoms with Crippen LogP contribution in [0.5, 0.6) is 0 Å². The first-order valence-electron chi connectivity index (χ1n) is 9.42. The molecule has 4 rings (SSSR count). The van der Waals surface area contributed by atoms with E-state index in [1.165, 1.54) is 36.6 Å². The zero-order valence-electron chi connectivity index (χ0n) is 16.4. The van der Waals surface area contributed by atoms with Gasteiger partial charge in [0.15, 0.2) is 0 Å². The summed E-state index contributed by atoms with van der Waals surface area (Å²) >= 11 is 1.30. The maximum absolute atomic E-state index is 12.7. The van der Waals surface area contributed by atoms with E-state index in [0.717, 1.165) is 23.3 Å². The molecule has 2 aliphatic rings. The van der Waals surface area contributed by atoms with Gasteiger partial charge in [-0.25, -0.2) is 17.5 Å². The monoisotopic (exact) mass is 448 g/mol. The number of carbonyl (C=O) groups is 3. The van der Waals surface area contributed by atoms with Crippen LogP contribution in [0.15, 0.2) is 29.2 Å². The van der Waals surface area contributed by atoms with Crippen LogP contribution in [0.1, 0.15) is 44.5 Å². The van der Waals surface area contributed by atoms with E-state index in [1.54, 1.807) is 6.07 Å². The van der Waals surface area contributed by atoms with Crippen LogP contribution in [-0.2, 0) is 32.4 Å². The number of nitrogens with zero attached hydrogens (tertiary/aromatic N) is 1. The highest BCUT2D eigenvalue weighted by atomic mass is 32.2. The summed E-state index contributed by atoms with van der Waals surface area (Å²) in [6, 6.07) is 5.84. The number of ether oxygens (including phenoxy) is 1. The average molecular weight is 449 g/mol. The third kappa shape index (κ3) is 3.29. The SMILES string of the molecule is COC(=O)c1c(NC(=O)CN2C(=O)c3ccccc3S2(=O)=O)sc2c1CC[C@@H](C)C2. The molecule has 1 aliphatic carbocycles. The van der Waals surface area contributed by atoms with Crippen molar-refractivity contribution >= 4 is 44.1 Å². The summed E-state index contributed by atoms with van der Waals surface area (Å²) in [6.07, 6.45) is 2.44. The standard InChI is InChI=1S/C20H20N2O6S2/c1-11-7-8-12-14(9-11)29-18(17(12)20(25)28-2)21-16(23)10-22-19(24)13-5-3-4-6-15(13)30(22,26)27/h3-6,11H,7-10H2,1-2H3,(H,21,23)/t11-/m1/s1. The molecule has 0 radical (unpaired) electrons. The number of thiophene rings is 1. The smallest absolute Gasteiger partial charge is 0.341 e. The molecule has 1 aliphatic heterocycles. The summed E-state index contributed by atoms with van der Waals surface area (Å²) in [5.41, 5.74) is 1.23. The van der Waals surface area contributed by atoms with Crippen molar-refractivity contribution in [3.8, 4) is 0 Å². The number of amides is 2. The van der Waals surface area contributed by atoms with E-state index in [9.17, 15) is 22.8 Å². The Morgan fingerprint density at radius 2 is 2.03 bits per heavy atom. The van der Waals surface area contributed by atoms with Crippen molar-refractivity contribution < 1.29 is 27.5 Å². The molecule has 8 nitrogen and oxygen atoms in total. The number of carbonyl (C=O) groups excluding carboxylic acids is 3. The van der Waals surface area contributed by atoms with Crippen molar-refractivity contribution in [2.75, 3.05) is 19.0 Å². The molecule has 2 aromatic rings. The van der Waals surface area contributed by atoms with Crippen LogP contribution >= 0.6 is 11.3 Å². The fraction of sp³-hybridized carbons (Fsp3) is 0.350. The van der Waals surface area contributed by atoms with Crippen molar-refractivity contribution in [3.05, 3.63) is 45.8 Å². The van der Waals surface area contributed by atoms with Crippen LogP contribution in [0.2, 0.25) is 0 Å². The Morgan fingerprint density at radius 3 is 2.73 bits per heavy atom. The number of sulfonamides is 1. The second-order valence-electron chi connectivity index (χ2n) is 7.41. The molecular formula is C20H20N2O6S2. The van der Waals surface area contributed by atoms with Gasteiger partial charge in [-0.2, -0.15) is 0 Å². The van der Waals surface area contributed by atoms with Gasteiger partial charge in [0.1, 0.15) is 16.4 Å². The zero-order chi connectivity index (χ0) is 21.6. The van der Waals surface area contributed by atoms with Crippen LogP contribution in [0.25, 0.3) is 0 Å². The third-order valence-corrected chi connectivity index (χ3v) is 8.31. The molecule has 2 heterocycles. The van der Waals surface area contributed by atoms with Crippen molar-refractivity contribution in [2.24, 2.45) is 5.92 Å². The van der Waals surface area contributed by atoms with Crippen molar-refractivity contribution in [2.45, 2.75) is 31.1 Å². The summed E-state index contributed by atoms with van der Waals surface area (Å²) in [6.45, 7) is 1.45. The van der Waals surface area contributed by atoms with E-state index in [4.69, 9.17) is 4.74 Å². The minimum Gasteiger partial charge on any atom is -0.465 e. The lowest BCUT2D eigenvalue weighted by Crippen LogP contribution is -2.37. The maximum Gasteiger partial charge on any atom is 0.341 e. The highest BCUT2D eigenvalue weighted by Crippen LogP contribution is 2.40. The topological polar surface area (TPSA) is 110 Å². The van der Waals surface area contributed by atoms with Gasteiger partial charge in [-0.15, -0.1) is 11.3 Å². The number of hydrogen-bond acceptors (Lipinski definition) is 7. The van der Waals surface area contributed by atoms with Crippen LogP contribution in [0.4, 0.5) is 5.00 Å². The predicted octanol–water partition coefficient (Wildman–Crippen LogP) is 2.44. The lowest BCUT2D eigenvalue weighted by atomic mass is 9.88. The average Bonchev–Trinajstić information content (AvgIpc) is 3.15. The number of methoxy groups -OCH3 is 1. The molecule has 0 saturated heterocycles. The van der Waals surface area contributed by atoms with Gasteiger partial charge in [-0.05, 0) is 42.9 Å². The van der Waals surface area contributed by atoms with Crippen LogP contribution in [-0.4, -0.2) is 44.2 Å². The third-order valence-electron chi connectivity index (χ3n) is 5.35. The quantitative estimate of drug-likeness (QED) is 0.720. The van der Waals surface area contributed by atoms with Crippen molar-refractivity contribution in [1.29, 1.82) is 0 Å². The first kappa shape index (κ1) is 20.5. The molecule has 0 saturated carbocycles. The van der Waals surface area contributed by atoms with E-state index < -0.39 is 34.4 Å². The Hall–Kier alpha value is -2.72. The minimum absolute atomic E-state index is 0.0427. The van der Waals surface area contributed by atoms with Crippen LogP contribution in [0.3, 0.4) is 0 Å². The number of anilines is 1. The summed E-state index contributed by atoms with van der Waals surface area (Å²) in [5, 5.41) is 2.96. The molecule has 30 heavy (non-hydrogen) atoms. The van der Waals surface area contributed by atoms with Crippen molar-refractivity contribution in [1.82, 2.24) is 4.31 Å². The lowest BCUT2D eigenvalue weighted by Gasteiger charge is -2.18. The first-order chi connectivity index (χ1) is 14.2. The zero-order valence-corrected chi connectivity index (χ0v) is 18.1. The van der Waals surface area contributed by atoms with E-state index in [0.29, 0.717) is 27.2 Å². The van der Waals surface area contributed by atoms with E-state index in [2.05, 4.69) is 12.2 Å².